The van der Waals surface area contributed by atoms with Crippen molar-refractivity contribution in [2.75, 3.05) is 18.4 Å². The van der Waals surface area contributed by atoms with Crippen molar-refractivity contribution in [1.29, 1.82) is 0 Å². The number of piperidine rings is 1. The van der Waals surface area contributed by atoms with Gasteiger partial charge in [0.05, 0.1) is 0 Å². The average Bonchev–Trinajstić information content (AvgIpc) is 3.10. The number of hydrogen-bond acceptors (Lipinski definition) is 6. The minimum atomic E-state index is -5.08. The molecule has 1 aliphatic heterocycles. The fourth-order valence-corrected chi connectivity index (χ4v) is 3.06. The van der Waals surface area contributed by atoms with Gasteiger partial charge >= 0.3 is 12.1 Å². The molecular weight excluding hydrogens is 411 g/mol. The number of carboxylic acid groups (broad SMARTS) is 1. The summed E-state index contributed by atoms with van der Waals surface area (Å²) in [6, 6.07) is 7.50. The van der Waals surface area contributed by atoms with E-state index in [-0.39, 0.29) is 12.0 Å². The smallest absolute Gasteiger partial charge is 0.490 e. The fraction of sp³-hybridized carbons (Fsp3) is 0.389. The maximum atomic E-state index is 12.0. The highest BCUT2D eigenvalue weighted by Gasteiger charge is 2.38. The van der Waals surface area contributed by atoms with Gasteiger partial charge in [0, 0.05) is 16.8 Å². The van der Waals surface area contributed by atoms with E-state index in [9.17, 15) is 18.0 Å². The lowest BCUT2D eigenvalue weighted by Gasteiger charge is -2.23. The summed E-state index contributed by atoms with van der Waals surface area (Å²) in [5, 5.41) is 15.6. The highest BCUT2D eigenvalue weighted by molar-refractivity contribution is 7.11. The molecule has 29 heavy (non-hydrogen) atoms. The van der Waals surface area contributed by atoms with Gasteiger partial charge in [0.25, 0.3) is 5.91 Å². The van der Waals surface area contributed by atoms with E-state index in [1.54, 1.807) is 0 Å². The molecule has 158 valence electrons. The van der Waals surface area contributed by atoms with Gasteiger partial charge in [0.1, 0.15) is 11.9 Å². The van der Waals surface area contributed by atoms with E-state index in [1.165, 1.54) is 11.3 Å². The molecule has 11 heteroatoms. The number of thiazole rings is 1. The average molecular weight is 431 g/mol. The number of carbonyl (C=O) groups is 2. The van der Waals surface area contributed by atoms with Crippen LogP contribution in [0.2, 0.25) is 0 Å². The summed E-state index contributed by atoms with van der Waals surface area (Å²) in [6.45, 7) is 3.89. The molecule has 0 saturated carbocycles. The molecule has 2 aromatic rings. The molecule has 0 radical (unpaired) electrons. The molecule has 3 N–H and O–H groups in total. The molecule has 0 bridgehead atoms. The zero-order chi connectivity index (χ0) is 21.4. The lowest BCUT2D eigenvalue weighted by Crippen LogP contribution is -2.34. The first-order valence-corrected chi connectivity index (χ1v) is 9.54. The van der Waals surface area contributed by atoms with Crippen LogP contribution in [0.3, 0.4) is 0 Å². The molecule has 0 aliphatic carbocycles. The van der Waals surface area contributed by atoms with Crippen molar-refractivity contribution < 1.29 is 32.6 Å². The van der Waals surface area contributed by atoms with Crippen LogP contribution in [0.5, 0.6) is 5.75 Å². The number of aliphatic carboxylic acids is 1. The van der Waals surface area contributed by atoms with Gasteiger partial charge in [-0.15, -0.1) is 11.3 Å². The molecule has 1 aliphatic rings. The van der Waals surface area contributed by atoms with Crippen LogP contribution in [-0.2, 0) is 4.79 Å². The van der Waals surface area contributed by atoms with Crippen molar-refractivity contribution in [2.45, 2.75) is 32.0 Å². The molecule has 2 heterocycles. The monoisotopic (exact) mass is 431 g/mol. The number of benzene rings is 1. The van der Waals surface area contributed by atoms with Crippen molar-refractivity contribution in [3.05, 3.63) is 40.3 Å². The number of alkyl halides is 3. The molecule has 0 spiro atoms. The Morgan fingerprint density at radius 3 is 2.31 bits per heavy atom. The van der Waals surface area contributed by atoms with E-state index in [1.807, 2.05) is 36.6 Å². The normalized spacial score (nSPS) is 14.5. The first kappa shape index (κ1) is 22.6. The minimum absolute atomic E-state index is 0.176. The number of carboxylic acids is 1. The summed E-state index contributed by atoms with van der Waals surface area (Å²) in [5.74, 6) is -2.09. The molecule has 1 aromatic heterocycles. The van der Waals surface area contributed by atoms with Crippen LogP contribution < -0.4 is 15.4 Å². The Morgan fingerprint density at radius 1 is 1.24 bits per heavy atom. The molecule has 3 rings (SSSR count). The van der Waals surface area contributed by atoms with Gasteiger partial charge < -0.3 is 20.5 Å². The standard InChI is InChI=1S/C16H19N3O2S.C2HF3O2/c1-11-10-22-16(18-11)15(20)19-12-2-4-13(5-3-12)21-14-6-8-17-9-7-14;3-2(4,5)1(6)7/h2-5,10,14,17H,6-9H2,1H3,(H,19,20);(H,6,7). The lowest BCUT2D eigenvalue weighted by atomic mass is 10.1. The van der Waals surface area contributed by atoms with Crippen molar-refractivity contribution >= 4 is 28.9 Å². The number of carbonyl (C=O) groups excluding carboxylic acids is 1. The number of aromatic nitrogens is 1. The molecule has 0 unspecified atom stereocenters. The Morgan fingerprint density at radius 2 is 1.83 bits per heavy atom. The summed E-state index contributed by atoms with van der Waals surface area (Å²) in [4.78, 5) is 25.1. The topological polar surface area (TPSA) is 101 Å². The second kappa shape index (κ2) is 10.2. The zero-order valence-corrected chi connectivity index (χ0v) is 16.3. The van der Waals surface area contributed by atoms with E-state index in [0.29, 0.717) is 5.01 Å². The Hall–Kier alpha value is -2.66. The third-order valence-electron chi connectivity index (χ3n) is 3.76. The number of aryl methyl sites for hydroxylation is 1. The van der Waals surface area contributed by atoms with Crippen LogP contribution in [0.4, 0.5) is 18.9 Å². The first-order chi connectivity index (χ1) is 13.6. The van der Waals surface area contributed by atoms with E-state index < -0.39 is 12.1 Å². The maximum Gasteiger partial charge on any atom is 0.490 e. The van der Waals surface area contributed by atoms with Gasteiger partial charge in [0.2, 0.25) is 0 Å². The number of halogens is 3. The van der Waals surface area contributed by atoms with E-state index in [2.05, 4.69) is 15.6 Å². The van der Waals surface area contributed by atoms with Crippen LogP contribution in [0, 0.1) is 6.92 Å². The summed E-state index contributed by atoms with van der Waals surface area (Å²) in [7, 11) is 0. The second-order valence-corrected chi connectivity index (χ2v) is 7.00. The van der Waals surface area contributed by atoms with E-state index in [0.717, 1.165) is 43.1 Å². The van der Waals surface area contributed by atoms with Gasteiger partial charge in [-0.05, 0) is 57.1 Å². The Bertz CT molecular complexity index is 819. The molecule has 1 aromatic carbocycles. The number of nitrogens with zero attached hydrogens (tertiary/aromatic N) is 1. The van der Waals surface area contributed by atoms with Crippen LogP contribution in [0.15, 0.2) is 29.6 Å². The van der Waals surface area contributed by atoms with Gasteiger partial charge in [-0.3, -0.25) is 4.79 Å². The summed E-state index contributed by atoms with van der Waals surface area (Å²) < 4.78 is 37.7. The van der Waals surface area contributed by atoms with Gasteiger partial charge in [-0.2, -0.15) is 13.2 Å². The van der Waals surface area contributed by atoms with Crippen LogP contribution >= 0.6 is 11.3 Å². The number of ether oxygens (including phenoxy) is 1. The second-order valence-electron chi connectivity index (χ2n) is 6.14. The quantitative estimate of drug-likeness (QED) is 0.686. The molecule has 0 atom stereocenters. The minimum Gasteiger partial charge on any atom is -0.490 e. The number of rotatable bonds is 4. The number of amides is 1. The van der Waals surface area contributed by atoms with E-state index in [4.69, 9.17) is 14.6 Å². The Kier molecular flexibility index (Phi) is 7.97. The SMILES string of the molecule is Cc1csc(C(=O)Nc2ccc(OC3CCNCC3)cc2)n1.O=C(O)C(F)(F)F. The first-order valence-electron chi connectivity index (χ1n) is 8.66. The fourth-order valence-electron chi connectivity index (χ4n) is 2.37. The summed E-state index contributed by atoms with van der Waals surface area (Å²) >= 11 is 1.35. The summed E-state index contributed by atoms with van der Waals surface area (Å²) in [5.41, 5.74) is 1.61. The maximum absolute atomic E-state index is 12.0. The van der Waals surface area contributed by atoms with Crippen LogP contribution in [-0.4, -0.2) is 47.3 Å². The lowest BCUT2D eigenvalue weighted by molar-refractivity contribution is -0.192. The van der Waals surface area contributed by atoms with Gasteiger partial charge in [-0.1, -0.05) is 0 Å². The van der Waals surface area contributed by atoms with Gasteiger partial charge in [-0.25, -0.2) is 9.78 Å². The Labute approximate surface area is 168 Å². The highest BCUT2D eigenvalue weighted by Crippen LogP contribution is 2.20. The van der Waals surface area contributed by atoms with Gasteiger partial charge in [0.15, 0.2) is 5.01 Å². The largest absolute Gasteiger partial charge is 0.490 e. The third kappa shape index (κ3) is 7.70. The molecular formula is C18H20F3N3O4S. The van der Waals surface area contributed by atoms with Crippen molar-refractivity contribution in [1.82, 2.24) is 10.3 Å². The molecule has 1 fully saturated rings. The highest BCUT2D eigenvalue weighted by atomic mass is 32.1. The van der Waals surface area contributed by atoms with Crippen LogP contribution in [0.1, 0.15) is 28.3 Å². The predicted octanol–water partition coefficient (Wildman–Crippen LogP) is 3.47. The molecule has 7 nitrogen and oxygen atoms in total. The van der Waals surface area contributed by atoms with E-state index >= 15 is 0 Å². The molecule has 1 saturated heterocycles. The number of anilines is 1. The van der Waals surface area contributed by atoms with Crippen LogP contribution in [0.25, 0.3) is 0 Å². The van der Waals surface area contributed by atoms with Crippen molar-refractivity contribution in [2.24, 2.45) is 0 Å². The number of nitrogens with one attached hydrogen (secondary N) is 2. The van der Waals surface area contributed by atoms with Crippen molar-refractivity contribution in [3.63, 3.8) is 0 Å². The third-order valence-corrected chi connectivity index (χ3v) is 4.72. The molecule has 1 amide bonds. The number of hydrogen-bond donors (Lipinski definition) is 3. The predicted molar refractivity (Wildman–Crippen MR) is 101 cm³/mol. The van der Waals surface area contributed by atoms with Crippen molar-refractivity contribution in [3.8, 4) is 5.75 Å². The Balaban J connectivity index is 0.000000370. The zero-order valence-electron chi connectivity index (χ0n) is 15.5. The summed E-state index contributed by atoms with van der Waals surface area (Å²) in [6.07, 6.45) is -2.75.